The summed E-state index contributed by atoms with van der Waals surface area (Å²) in [5.41, 5.74) is 1.84. The molecule has 1 amide bonds. The number of nitrogens with zero attached hydrogens (tertiary/aromatic N) is 4. The maximum Gasteiger partial charge on any atom is 0.225 e. The standard InChI is InChI=1S/C21H30N4O/c1-3-17(2)23-12-14-25(15-13-23)21(26)19-8-10-24(11-9-19)20-6-4-18(16-22)5-7-20/h4-7,17,19H,3,8-15H2,1-2H3/t17-/m1/s1. The van der Waals surface area contributed by atoms with Crippen molar-refractivity contribution in [3.05, 3.63) is 29.8 Å². The van der Waals surface area contributed by atoms with Gasteiger partial charge in [0.1, 0.15) is 0 Å². The summed E-state index contributed by atoms with van der Waals surface area (Å²) in [6.07, 6.45) is 3.01. The molecule has 5 heteroatoms. The second-order valence-electron chi connectivity index (χ2n) is 7.54. The highest BCUT2D eigenvalue weighted by Gasteiger charge is 2.31. The van der Waals surface area contributed by atoms with Crippen molar-refractivity contribution >= 4 is 11.6 Å². The monoisotopic (exact) mass is 354 g/mol. The smallest absolute Gasteiger partial charge is 0.225 e. The molecule has 2 aliphatic heterocycles. The Hall–Kier alpha value is -2.06. The summed E-state index contributed by atoms with van der Waals surface area (Å²) in [5.74, 6) is 0.521. The molecule has 5 nitrogen and oxygen atoms in total. The first-order chi connectivity index (χ1) is 12.6. The van der Waals surface area contributed by atoms with Gasteiger partial charge in [0.15, 0.2) is 0 Å². The van der Waals surface area contributed by atoms with Crippen molar-refractivity contribution in [3.8, 4) is 6.07 Å². The third kappa shape index (κ3) is 4.19. The number of anilines is 1. The normalized spacial score (nSPS) is 20.7. The summed E-state index contributed by atoms with van der Waals surface area (Å²) < 4.78 is 0. The molecule has 0 N–H and O–H groups in total. The molecule has 1 aromatic rings. The van der Waals surface area contributed by atoms with Crippen LogP contribution < -0.4 is 4.90 Å². The van der Waals surface area contributed by atoms with Gasteiger partial charge in [-0.25, -0.2) is 0 Å². The zero-order valence-electron chi connectivity index (χ0n) is 16.0. The average molecular weight is 354 g/mol. The van der Waals surface area contributed by atoms with Crippen LogP contribution in [0.5, 0.6) is 0 Å². The number of benzene rings is 1. The summed E-state index contributed by atoms with van der Waals surface area (Å²) in [4.78, 5) is 19.8. The molecular weight excluding hydrogens is 324 g/mol. The van der Waals surface area contributed by atoms with Gasteiger partial charge in [0.05, 0.1) is 11.6 Å². The van der Waals surface area contributed by atoms with Crippen LogP contribution in [0, 0.1) is 17.2 Å². The maximum atomic E-state index is 12.9. The van der Waals surface area contributed by atoms with Gasteiger partial charge >= 0.3 is 0 Å². The predicted molar refractivity (Wildman–Crippen MR) is 104 cm³/mol. The van der Waals surface area contributed by atoms with Crippen molar-refractivity contribution < 1.29 is 4.79 Å². The van der Waals surface area contributed by atoms with Crippen molar-refractivity contribution in [3.63, 3.8) is 0 Å². The summed E-state index contributed by atoms with van der Waals surface area (Å²) in [6, 6.07) is 10.5. The van der Waals surface area contributed by atoms with E-state index in [-0.39, 0.29) is 5.92 Å². The summed E-state index contributed by atoms with van der Waals surface area (Å²) >= 11 is 0. The minimum absolute atomic E-state index is 0.166. The topological polar surface area (TPSA) is 50.6 Å². The van der Waals surface area contributed by atoms with Crippen LogP contribution in [0.1, 0.15) is 38.7 Å². The fourth-order valence-corrected chi connectivity index (χ4v) is 4.03. The summed E-state index contributed by atoms with van der Waals surface area (Å²) in [6.45, 7) is 10.1. The van der Waals surface area contributed by atoms with Crippen molar-refractivity contribution in [2.75, 3.05) is 44.2 Å². The zero-order chi connectivity index (χ0) is 18.5. The van der Waals surface area contributed by atoms with Crippen molar-refractivity contribution in [2.45, 2.75) is 39.2 Å². The van der Waals surface area contributed by atoms with Gasteiger partial charge in [-0.2, -0.15) is 5.26 Å². The van der Waals surface area contributed by atoms with Gasteiger partial charge in [-0.1, -0.05) is 6.92 Å². The van der Waals surface area contributed by atoms with E-state index in [1.165, 1.54) is 6.42 Å². The van der Waals surface area contributed by atoms with E-state index < -0.39 is 0 Å². The molecule has 0 aliphatic carbocycles. The largest absolute Gasteiger partial charge is 0.371 e. The highest BCUT2D eigenvalue weighted by Crippen LogP contribution is 2.25. The second kappa shape index (κ2) is 8.55. The van der Waals surface area contributed by atoms with Gasteiger partial charge in [-0.15, -0.1) is 0 Å². The lowest BCUT2D eigenvalue weighted by Crippen LogP contribution is -2.53. The van der Waals surface area contributed by atoms with Crippen LogP contribution in [0.15, 0.2) is 24.3 Å². The Balaban J connectivity index is 1.48. The van der Waals surface area contributed by atoms with E-state index in [1.807, 2.05) is 24.3 Å². The number of hydrogen-bond acceptors (Lipinski definition) is 4. The average Bonchev–Trinajstić information content (AvgIpc) is 2.73. The molecular formula is C21H30N4O. The number of rotatable bonds is 4. The number of hydrogen-bond donors (Lipinski definition) is 0. The first-order valence-electron chi connectivity index (χ1n) is 9.90. The molecule has 26 heavy (non-hydrogen) atoms. The number of carbonyl (C=O) groups is 1. The molecule has 0 unspecified atom stereocenters. The van der Waals surface area contributed by atoms with Crippen molar-refractivity contribution in [1.82, 2.24) is 9.80 Å². The molecule has 2 aliphatic rings. The van der Waals surface area contributed by atoms with Gasteiger partial charge in [0.2, 0.25) is 5.91 Å². The third-order valence-electron chi connectivity index (χ3n) is 6.05. The third-order valence-corrected chi connectivity index (χ3v) is 6.05. The molecule has 1 atom stereocenters. The molecule has 140 valence electrons. The van der Waals surface area contributed by atoms with Crippen LogP contribution in [0.2, 0.25) is 0 Å². The number of piperidine rings is 1. The van der Waals surface area contributed by atoms with Crippen LogP contribution in [0.25, 0.3) is 0 Å². The highest BCUT2D eigenvalue weighted by molar-refractivity contribution is 5.79. The van der Waals surface area contributed by atoms with Gasteiger partial charge < -0.3 is 9.80 Å². The Morgan fingerprint density at radius 3 is 2.27 bits per heavy atom. The number of carbonyl (C=O) groups excluding carboxylic acids is 1. The molecule has 0 aromatic heterocycles. The number of nitriles is 1. The van der Waals surface area contributed by atoms with E-state index in [9.17, 15) is 4.79 Å². The first kappa shape index (κ1) is 18.7. The van der Waals surface area contributed by atoms with E-state index in [0.717, 1.165) is 57.8 Å². The quantitative estimate of drug-likeness (QED) is 0.834. The molecule has 2 heterocycles. The van der Waals surface area contributed by atoms with Crippen LogP contribution in [-0.2, 0) is 4.79 Å². The van der Waals surface area contributed by atoms with Gasteiger partial charge in [-0.05, 0) is 50.5 Å². The minimum Gasteiger partial charge on any atom is -0.371 e. The molecule has 1 aromatic carbocycles. The van der Waals surface area contributed by atoms with Crippen LogP contribution in [0.3, 0.4) is 0 Å². The Morgan fingerprint density at radius 2 is 1.73 bits per heavy atom. The first-order valence-corrected chi connectivity index (χ1v) is 9.90. The maximum absolute atomic E-state index is 12.9. The molecule has 0 bridgehead atoms. The van der Waals surface area contributed by atoms with Crippen LogP contribution in [0.4, 0.5) is 5.69 Å². The molecule has 0 radical (unpaired) electrons. The minimum atomic E-state index is 0.166. The lowest BCUT2D eigenvalue weighted by Gasteiger charge is -2.40. The Labute approximate surface area is 157 Å². The summed E-state index contributed by atoms with van der Waals surface area (Å²) in [7, 11) is 0. The molecule has 0 saturated carbocycles. The fourth-order valence-electron chi connectivity index (χ4n) is 4.03. The molecule has 2 fully saturated rings. The molecule has 2 saturated heterocycles. The van der Waals surface area contributed by atoms with E-state index in [2.05, 4.69) is 34.6 Å². The molecule has 3 rings (SSSR count). The predicted octanol–water partition coefficient (Wildman–Crippen LogP) is 2.72. The summed E-state index contributed by atoms with van der Waals surface area (Å²) in [5, 5.41) is 8.91. The second-order valence-corrected chi connectivity index (χ2v) is 7.54. The van der Waals surface area contributed by atoms with Gasteiger partial charge in [-0.3, -0.25) is 9.69 Å². The number of piperazine rings is 1. The lowest BCUT2D eigenvalue weighted by molar-refractivity contribution is -0.138. The number of amides is 1. The van der Waals surface area contributed by atoms with Crippen molar-refractivity contribution in [1.29, 1.82) is 5.26 Å². The van der Waals surface area contributed by atoms with Crippen LogP contribution >= 0.6 is 0 Å². The molecule has 0 spiro atoms. The van der Waals surface area contributed by atoms with E-state index in [1.54, 1.807) is 0 Å². The van der Waals surface area contributed by atoms with Crippen molar-refractivity contribution in [2.24, 2.45) is 5.92 Å². The fraction of sp³-hybridized carbons (Fsp3) is 0.619. The Morgan fingerprint density at radius 1 is 1.12 bits per heavy atom. The van der Waals surface area contributed by atoms with E-state index in [0.29, 0.717) is 17.5 Å². The lowest BCUT2D eigenvalue weighted by atomic mass is 9.94. The SMILES string of the molecule is CC[C@@H](C)N1CCN(C(=O)C2CCN(c3ccc(C#N)cc3)CC2)CC1. The van der Waals surface area contributed by atoms with E-state index in [4.69, 9.17) is 5.26 Å². The Kier molecular flexibility index (Phi) is 6.16. The zero-order valence-corrected chi connectivity index (χ0v) is 16.0. The van der Waals surface area contributed by atoms with E-state index >= 15 is 0 Å². The highest BCUT2D eigenvalue weighted by atomic mass is 16.2. The Bertz CT molecular complexity index is 635. The van der Waals surface area contributed by atoms with Crippen LogP contribution in [-0.4, -0.2) is 61.0 Å². The van der Waals surface area contributed by atoms with Gasteiger partial charge in [0.25, 0.3) is 0 Å². The van der Waals surface area contributed by atoms with Gasteiger partial charge in [0, 0.05) is 56.9 Å².